The molecule has 412 valence electrons. The van der Waals surface area contributed by atoms with Gasteiger partial charge in [-0.1, -0.05) is 88.9 Å². The van der Waals surface area contributed by atoms with Gasteiger partial charge in [0.15, 0.2) is 16.9 Å². The molecular formula is C58H78BrClN12OPPdSi2+. The number of hydrogen-bond donors (Lipinski definition) is 4. The topological polar surface area (TPSA) is 187 Å². The van der Waals surface area contributed by atoms with Gasteiger partial charge < -0.3 is 35.4 Å². The zero-order chi connectivity index (χ0) is 53.4. The van der Waals surface area contributed by atoms with E-state index >= 15 is 0 Å². The van der Waals surface area contributed by atoms with Crippen LogP contribution in [0, 0.1) is 13.0 Å². The second-order valence-corrected chi connectivity index (χ2v) is 35.3. The van der Waals surface area contributed by atoms with Gasteiger partial charge in [-0.05, 0) is 110 Å². The third-order valence-corrected chi connectivity index (χ3v) is 25.6. The van der Waals surface area contributed by atoms with E-state index in [0.717, 1.165) is 61.2 Å². The minimum Gasteiger partial charge on any atom is -0.677 e. The van der Waals surface area contributed by atoms with Crippen molar-refractivity contribution in [2.45, 2.75) is 128 Å². The van der Waals surface area contributed by atoms with E-state index in [-0.39, 0.29) is 32.8 Å². The van der Waals surface area contributed by atoms with Gasteiger partial charge in [0.05, 0.1) is 53.7 Å². The van der Waals surface area contributed by atoms with Gasteiger partial charge in [-0.3, -0.25) is 0 Å². The van der Waals surface area contributed by atoms with Gasteiger partial charge in [-0.15, -0.1) is 34.2 Å². The van der Waals surface area contributed by atoms with E-state index in [1.54, 1.807) is 17.7 Å². The molecule has 0 saturated heterocycles. The molecule has 2 saturated carbocycles. The molecule has 2 fully saturated rings. The van der Waals surface area contributed by atoms with Crippen LogP contribution in [-0.2, 0) is 26.8 Å². The van der Waals surface area contributed by atoms with Crippen LogP contribution in [0.2, 0.25) is 39.3 Å². The number of aryl methyl sites for hydroxylation is 1. The number of methoxy groups -OCH3 is 1. The fourth-order valence-electron chi connectivity index (χ4n) is 10.9. The van der Waals surface area contributed by atoms with Crippen molar-refractivity contribution in [2.75, 3.05) is 23.6 Å². The first-order valence-electron chi connectivity index (χ1n) is 26.5. The minimum atomic E-state index is -1.44. The quantitative estimate of drug-likeness (QED) is 0.0587. The average Bonchev–Trinajstić information content (AvgIpc) is 4.23. The van der Waals surface area contributed by atoms with Crippen LogP contribution in [-0.4, -0.2) is 87.0 Å². The largest absolute Gasteiger partial charge is 2.00 e. The molecule has 19 heteroatoms. The fourth-order valence-corrected chi connectivity index (χ4v) is 25.6. The molecule has 3 aromatic carbocycles. The number of aromatic amines is 3. The number of hydrogen-bond acceptors (Lipinski definition) is 9. The zero-order valence-electron chi connectivity index (χ0n) is 45.9. The molecule has 2 aliphatic carbocycles. The summed E-state index contributed by atoms with van der Waals surface area (Å²) in [5.41, 5.74) is 24.0. The molecule has 0 aliphatic heterocycles. The van der Waals surface area contributed by atoms with Crippen LogP contribution in [0.5, 0.6) is 5.75 Å². The first kappa shape index (κ1) is 63.0. The Bertz CT molecular complexity index is 3050. The van der Waals surface area contributed by atoms with E-state index in [0.29, 0.717) is 12.2 Å². The molecule has 0 spiro atoms. The summed E-state index contributed by atoms with van der Waals surface area (Å²) in [4.78, 5) is 9.01. The summed E-state index contributed by atoms with van der Waals surface area (Å²) in [6.45, 7) is 17.1. The number of ether oxygens (including phenoxy) is 1. The number of nitrogens with one attached hydrogen (secondary N) is 4. The first-order chi connectivity index (χ1) is 36.2. The van der Waals surface area contributed by atoms with Gasteiger partial charge in [-0.25, -0.2) is 0 Å². The standard InChI is InChI=1S/C26H35OP.C12H22N4Si2.C8H9N.C6H4BrN3.C6H6N4.ClH.Pd/c1-20-12-11-18-24(27-2)26(20)23-17-9-10-19-25(23)28(21-13-5-3-6-14-21)22-15-7-4-8-16-22;1-17(2,3)16(18(4,5)6)11-9-14-15-12-10(11)7-8-13-12;9-7-6-8-4-2-1-3-5-8;2*7-5-3-9-10-6-4(5)1-2-8-6;;/h9-12,17-19,21-22H,3-8,13-16H2,1-2H3;7-9H,1-6H3,(H,13,15);1-4,9H,6-7H2;1-3H,(H,8,10);1-3H,(H3,7,8,10);1H;/q;;-2;;;;+2/p+1. The Labute approximate surface area is 487 Å². The molecule has 13 nitrogen and oxygen atoms in total. The fraction of sp³-hybridized carbons (Fsp3) is 0.379. The van der Waals surface area contributed by atoms with Crippen molar-refractivity contribution in [3.05, 3.63) is 150 Å². The van der Waals surface area contributed by atoms with Crippen molar-refractivity contribution in [2.24, 2.45) is 0 Å². The van der Waals surface area contributed by atoms with Crippen LogP contribution < -0.4 is 20.0 Å². The van der Waals surface area contributed by atoms with Gasteiger partial charge in [0.2, 0.25) is 0 Å². The number of halogens is 2. The summed E-state index contributed by atoms with van der Waals surface area (Å²) in [7, 11) is -1.66. The molecule has 11 rings (SSSR count). The third kappa shape index (κ3) is 17.1. The summed E-state index contributed by atoms with van der Waals surface area (Å²) >= 11 is 3.35. The summed E-state index contributed by atoms with van der Waals surface area (Å²) in [6.07, 6.45) is 26.1. The van der Waals surface area contributed by atoms with Crippen LogP contribution in [0.1, 0.15) is 75.3 Å². The molecule has 0 unspecified atom stereocenters. The van der Waals surface area contributed by atoms with E-state index in [1.165, 1.54) is 98.2 Å². The summed E-state index contributed by atoms with van der Waals surface area (Å²) in [6, 6.07) is 32.6. The summed E-state index contributed by atoms with van der Waals surface area (Å²) in [5, 5.41) is 28.3. The summed E-state index contributed by atoms with van der Waals surface area (Å²) in [5.74, 6) is 1.03. The predicted molar refractivity (Wildman–Crippen MR) is 333 cm³/mol. The molecular weight excluding hydrogens is 1190 g/mol. The zero-order valence-corrected chi connectivity index (χ0v) is 52.9. The molecule has 6 heterocycles. The maximum Gasteiger partial charge on any atom is 2.00 e. The smallest absolute Gasteiger partial charge is 0.677 e. The maximum absolute atomic E-state index is 6.92. The SMILES string of the molecule is Brc1cnnc2[nH]ccc12.COc1cccc(C)c1-c1ccccc1[PH+](C1CCCCC1)C1CCCCC1.C[Si](C)(C)N(c1cnnc2[nH]ccc12)[Si](C)(C)C.Cl.Nc1cnnc2[nH]ccc12.[NH-]CCc1[c-]cccc1.[Pd+2]. The molecule has 6 aromatic heterocycles. The van der Waals surface area contributed by atoms with Gasteiger partial charge in [0.25, 0.3) is 0 Å². The molecule has 6 N–H and O–H groups in total. The number of H-pyrrole nitrogens is 3. The van der Waals surface area contributed by atoms with Crippen LogP contribution >= 0.6 is 36.3 Å². The van der Waals surface area contributed by atoms with Gasteiger partial charge in [0.1, 0.15) is 22.2 Å². The average molecular weight is 1270 g/mol. The summed E-state index contributed by atoms with van der Waals surface area (Å²) < 4.78 is 9.46. The Hall–Kier alpha value is -4.82. The monoisotopic (exact) mass is 1270 g/mol. The molecule has 2 aliphatic rings. The van der Waals surface area contributed by atoms with Crippen LogP contribution in [0.15, 0.2) is 127 Å². The van der Waals surface area contributed by atoms with Gasteiger partial charge >= 0.3 is 20.4 Å². The molecule has 0 bridgehead atoms. The number of nitrogen functional groups attached to an aromatic ring is 1. The van der Waals surface area contributed by atoms with E-state index in [9.17, 15) is 0 Å². The number of anilines is 2. The Balaban J connectivity index is 0.000000191. The number of benzene rings is 3. The second-order valence-electron chi connectivity index (χ2n) is 21.3. The van der Waals surface area contributed by atoms with Crippen LogP contribution in [0.25, 0.3) is 50.0 Å². The number of aromatic nitrogens is 9. The number of nitrogens with zero attached hydrogens (tertiary/aromatic N) is 7. The number of rotatable bonds is 10. The molecule has 0 amide bonds. The van der Waals surface area contributed by atoms with Gasteiger partial charge in [-0.2, -0.15) is 51.2 Å². The van der Waals surface area contributed by atoms with Crippen molar-refractivity contribution in [1.29, 1.82) is 0 Å². The number of fused-ring (bicyclic) bond motifs is 3. The number of nitrogens with two attached hydrogens (primary N) is 1. The first-order valence-corrected chi connectivity index (χ1v) is 35.8. The molecule has 9 aromatic rings. The normalized spacial score (nSPS) is 13.8. The third-order valence-electron chi connectivity index (χ3n) is 13.8. The van der Waals surface area contributed by atoms with Crippen LogP contribution in [0.3, 0.4) is 0 Å². The van der Waals surface area contributed by atoms with E-state index in [1.807, 2.05) is 62.1 Å². The molecule has 0 atom stereocenters. The van der Waals surface area contributed by atoms with Crippen molar-refractivity contribution in [1.82, 2.24) is 45.5 Å². The van der Waals surface area contributed by atoms with Crippen LogP contribution in [0.4, 0.5) is 11.4 Å². The van der Waals surface area contributed by atoms with E-state index in [2.05, 4.69) is 167 Å². The van der Waals surface area contributed by atoms with Crippen molar-refractivity contribution in [3.8, 4) is 16.9 Å². The second kappa shape index (κ2) is 30.5. The molecule has 0 radical (unpaired) electrons. The molecule has 77 heavy (non-hydrogen) atoms. The Morgan fingerprint density at radius 3 is 1.77 bits per heavy atom. The Morgan fingerprint density at radius 2 is 1.22 bits per heavy atom. The van der Waals surface area contributed by atoms with E-state index in [4.69, 9.17) is 16.2 Å². The van der Waals surface area contributed by atoms with Crippen molar-refractivity contribution < 1.29 is 25.2 Å². The maximum atomic E-state index is 6.92. The van der Waals surface area contributed by atoms with Crippen molar-refractivity contribution >= 4 is 103 Å². The van der Waals surface area contributed by atoms with Crippen molar-refractivity contribution in [3.63, 3.8) is 0 Å². The van der Waals surface area contributed by atoms with E-state index < -0.39 is 24.4 Å². The Morgan fingerprint density at radius 1 is 0.688 bits per heavy atom. The van der Waals surface area contributed by atoms with Gasteiger partial charge in [0, 0.05) is 58.3 Å². The Kier molecular flexibility index (Phi) is 25.0. The minimum absolute atomic E-state index is 0. The predicted octanol–water partition coefficient (Wildman–Crippen LogP) is 15.4.